The first-order valence-corrected chi connectivity index (χ1v) is 9.92. The lowest BCUT2D eigenvalue weighted by Crippen LogP contribution is -2.16. The first-order chi connectivity index (χ1) is 15.0. The Bertz CT molecular complexity index is 1210. The van der Waals surface area contributed by atoms with E-state index in [2.05, 4.69) is 17.1 Å². The van der Waals surface area contributed by atoms with E-state index in [9.17, 15) is 10.1 Å². The average Bonchev–Trinajstić information content (AvgIpc) is 2.77. The fraction of sp³-hybridized carbons (Fsp3) is 0.130. The number of halogens is 2. The van der Waals surface area contributed by atoms with Gasteiger partial charge < -0.3 is 9.47 Å². The number of pyridine rings is 1. The molecule has 3 aromatic rings. The third-order valence-corrected chi connectivity index (χ3v) is 4.81. The second-order valence-electron chi connectivity index (χ2n) is 6.25. The second-order valence-corrected chi connectivity index (χ2v) is 7.10. The van der Waals surface area contributed by atoms with Gasteiger partial charge in [-0.25, -0.2) is 9.78 Å². The van der Waals surface area contributed by atoms with Gasteiger partial charge in [-0.1, -0.05) is 41.4 Å². The minimum absolute atomic E-state index is 0.0292. The molecule has 8 heteroatoms. The number of hydrogen-bond donors (Lipinski definition) is 0. The number of nitrogens with zero attached hydrogens (tertiary/aromatic N) is 3. The summed E-state index contributed by atoms with van der Waals surface area (Å²) >= 11 is 12.4. The van der Waals surface area contributed by atoms with E-state index in [0.29, 0.717) is 38.0 Å². The Morgan fingerprint density at radius 2 is 1.77 bits per heavy atom. The zero-order valence-electron chi connectivity index (χ0n) is 16.4. The van der Waals surface area contributed by atoms with Crippen LogP contribution in [0.25, 0.3) is 22.4 Å². The molecule has 0 saturated carbocycles. The summed E-state index contributed by atoms with van der Waals surface area (Å²) in [5.41, 5.74) is 2.81. The zero-order chi connectivity index (χ0) is 22.4. The van der Waals surface area contributed by atoms with E-state index in [1.54, 1.807) is 55.5 Å². The Hall–Kier alpha value is -3.58. The standard InChI is InChI=1S/C23H15Cl2N3O3/c1-2-30-22(29)13-31-23-19(12-27)18(17-8-7-16(24)9-20(17)25)10-21(28-23)15-5-3-14(11-26)4-6-15/h3-10H,2,13H2,1H3. The van der Waals surface area contributed by atoms with Gasteiger partial charge in [0.25, 0.3) is 0 Å². The van der Waals surface area contributed by atoms with Crippen LogP contribution in [0, 0.1) is 22.7 Å². The van der Waals surface area contributed by atoms with Gasteiger partial charge in [0.2, 0.25) is 5.88 Å². The molecule has 0 saturated heterocycles. The van der Waals surface area contributed by atoms with Crippen molar-refractivity contribution in [2.24, 2.45) is 0 Å². The van der Waals surface area contributed by atoms with Crippen molar-refractivity contribution in [3.63, 3.8) is 0 Å². The predicted molar refractivity (Wildman–Crippen MR) is 117 cm³/mol. The van der Waals surface area contributed by atoms with Gasteiger partial charge in [-0.2, -0.15) is 10.5 Å². The highest BCUT2D eigenvalue weighted by molar-refractivity contribution is 6.36. The highest BCUT2D eigenvalue weighted by Crippen LogP contribution is 2.37. The van der Waals surface area contributed by atoms with Crippen molar-refractivity contribution in [1.29, 1.82) is 10.5 Å². The van der Waals surface area contributed by atoms with Crippen molar-refractivity contribution >= 4 is 29.2 Å². The summed E-state index contributed by atoms with van der Waals surface area (Å²) in [5.74, 6) is -0.610. The Labute approximate surface area is 189 Å². The molecule has 0 aliphatic carbocycles. The van der Waals surface area contributed by atoms with Gasteiger partial charge in [0, 0.05) is 26.7 Å². The molecule has 31 heavy (non-hydrogen) atoms. The summed E-state index contributed by atoms with van der Waals surface area (Å²) in [6.07, 6.45) is 0. The van der Waals surface area contributed by atoms with E-state index in [1.807, 2.05) is 0 Å². The molecule has 0 amide bonds. The normalized spacial score (nSPS) is 10.1. The van der Waals surface area contributed by atoms with Gasteiger partial charge in [-0.05, 0) is 37.3 Å². The monoisotopic (exact) mass is 451 g/mol. The SMILES string of the molecule is CCOC(=O)COc1nc(-c2ccc(C#N)cc2)cc(-c2ccc(Cl)cc2Cl)c1C#N. The van der Waals surface area contributed by atoms with Crippen molar-refractivity contribution in [2.45, 2.75) is 6.92 Å². The van der Waals surface area contributed by atoms with Gasteiger partial charge in [-0.15, -0.1) is 0 Å². The number of ether oxygens (including phenoxy) is 2. The quantitative estimate of drug-likeness (QED) is 0.464. The molecule has 2 aromatic carbocycles. The van der Waals surface area contributed by atoms with Gasteiger partial charge >= 0.3 is 5.97 Å². The van der Waals surface area contributed by atoms with Gasteiger partial charge in [0.15, 0.2) is 6.61 Å². The maximum atomic E-state index is 11.8. The predicted octanol–water partition coefficient (Wildman–Crippen LogP) is 5.41. The lowest BCUT2D eigenvalue weighted by Gasteiger charge is -2.14. The molecule has 3 rings (SSSR count). The summed E-state index contributed by atoms with van der Waals surface area (Å²) in [6, 6.07) is 17.5. The number of carbonyl (C=O) groups excluding carboxylic acids is 1. The topological polar surface area (TPSA) is 96.0 Å². The molecule has 0 unspecified atom stereocenters. The molecule has 154 valence electrons. The molecule has 0 aliphatic rings. The van der Waals surface area contributed by atoms with Crippen LogP contribution in [0.5, 0.6) is 5.88 Å². The number of carbonyl (C=O) groups is 1. The van der Waals surface area contributed by atoms with Crippen LogP contribution in [0.1, 0.15) is 18.1 Å². The maximum Gasteiger partial charge on any atom is 0.344 e. The fourth-order valence-electron chi connectivity index (χ4n) is 2.85. The minimum Gasteiger partial charge on any atom is -0.465 e. The summed E-state index contributed by atoms with van der Waals surface area (Å²) in [5, 5.41) is 19.6. The number of nitriles is 2. The van der Waals surface area contributed by atoms with E-state index >= 15 is 0 Å². The highest BCUT2D eigenvalue weighted by atomic mass is 35.5. The molecule has 0 atom stereocenters. The van der Waals surface area contributed by atoms with Crippen molar-refractivity contribution < 1.29 is 14.3 Å². The molecular weight excluding hydrogens is 437 g/mol. The van der Waals surface area contributed by atoms with Crippen molar-refractivity contribution in [3.05, 3.63) is 69.7 Å². The molecule has 0 radical (unpaired) electrons. The van der Waals surface area contributed by atoms with Crippen molar-refractivity contribution in [1.82, 2.24) is 4.98 Å². The fourth-order valence-corrected chi connectivity index (χ4v) is 3.36. The largest absolute Gasteiger partial charge is 0.465 e. The number of hydrogen-bond acceptors (Lipinski definition) is 6. The summed E-state index contributed by atoms with van der Waals surface area (Å²) in [6.45, 7) is 1.49. The summed E-state index contributed by atoms with van der Waals surface area (Å²) in [7, 11) is 0. The Kier molecular flexibility index (Phi) is 7.10. The lowest BCUT2D eigenvalue weighted by atomic mass is 9.98. The van der Waals surface area contributed by atoms with E-state index < -0.39 is 12.6 Å². The molecular formula is C23H15Cl2N3O3. The highest BCUT2D eigenvalue weighted by Gasteiger charge is 2.19. The van der Waals surface area contributed by atoms with E-state index in [4.69, 9.17) is 37.9 Å². The van der Waals surface area contributed by atoms with Gasteiger partial charge in [0.05, 0.1) is 23.9 Å². The first-order valence-electron chi connectivity index (χ1n) is 9.16. The van der Waals surface area contributed by atoms with Crippen LogP contribution >= 0.6 is 23.2 Å². The Morgan fingerprint density at radius 1 is 1.03 bits per heavy atom. The Morgan fingerprint density at radius 3 is 2.39 bits per heavy atom. The summed E-state index contributed by atoms with van der Waals surface area (Å²) < 4.78 is 10.4. The number of esters is 1. The molecule has 0 bridgehead atoms. The third-order valence-electron chi connectivity index (χ3n) is 4.26. The van der Waals surface area contributed by atoms with E-state index in [1.165, 1.54) is 0 Å². The van der Waals surface area contributed by atoms with Crippen LogP contribution in [0.3, 0.4) is 0 Å². The van der Waals surface area contributed by atoms with E-state index in [-0.39, 0.29) is 18.1 Å². The van der Waals surface area contributed by atoms with Crippen LogP contribution in [0.2, 0.25) is 10.0 Å². The van der Waals surface area contributed by atoms with Crippen LogP contribution in [0.15, 0.2) is 48.5 Å². The molecule has 0 aliphatic heterocycles. The number of rotatable bonds is 6. The molecule has 1 heterocycles. The molecule has 0 spiro atoms. The van der Waals surface area contributed by atoms with Crippen molar-refractivity contribution in [2.75, 3.05) is 13.2 Å². The van der Waals surface area contributed by atoms with Crippen LogP contribution < -0.4 is 4.74 Å². The summed E-state index contributed by atoms with van der Waals surface area (Å²) in [4.78, 5) is 16.2. The Balaban J connectivity index is 2.17. The van der Waals surface area contributed by atoms with Gasteiger partial charge in [0.1, 0.15) is 11.6 Å². The van der Waals surface area contributed by atoms with Crippen molar-refractivity contribution in [3.8, 4) is 40.4 Å². The first kappa shape index (κ1) is 22.1. The second kappa shape index (κ2) is 9.95. The molecule has 6 nitrogen and oxygen atoms in total. The lowest BCUT2D eigenvalue weighted by molar-refractivity contribution is -0.145. The van der Waals surface area contributed by atoms with Gasteiger partial charge in [-0.3, -0.25) is 0 Å². The third kappa shape index (κ3) is 5.13. The van der Waals surface area contributed by atoms with Crippen LogP contribution in [0.4, 0.5) is 0 Å². The zero-order valence-corrected chi connectivity index (χ0v) is 17.9. The van der Waals surface area contributed by atoms with E-state index in [0.717, 1.165) is 0 Å². The maximum absolute atomic E-state index is 11.8. The molecule has 0 N–H and O–H groups in total. The van der Waals surface area contributed by atoms with Crippen LogP contribution in [-0.4, -0.2) is 24.2 Å². The average molecular weight is 452 g/mol. The smallest absolute Gasteiger partial charge is 0.344 e. The van der Waals surface area contributed by atoms with Crippen LogP contribution in [-0.2, 0) is 9.53 Å². The minimum atomic E-state index is -0.581. The number of aromatic nitrogens is 1. The molecule has 1 aromatic heterocycles. The number of benzene rings is 2. The molecule has 0 fully saturated rings.